The molecule has 0 spiro atoms. The number of aromatic nitrogens is 3. The summed E-state index contributed by atoms with van der Waals surface area (Å²) in [5, 5.41) is 13.2. The summed E-state index contributed by atoms with van der Waals surface area (Å²) in [5.41, 5.74) is 7.63. The van der Waals surface area contributed by atoms with Crippen LogP contribution in [0, 0.1) is 6.92 Å². The van der Waals surface area contributed by atoms with Crippen LogP contribution in [0.15, 0.2) is 12.1 Å². The fourth-order valence-corrected chi connectivity index (χ4v) is 5.26. The number of rotatable bonds is 6. The quantitative estimate of drug-likeness (QED) is 0.328. The van der Waals surface area contributed by atoms with Crippen LogP contribution in [0.3, 0.4) is 0 Å². The number of thiazole rings is 1. The van der Waals surface area contributed by atoms with Crippen LogP contribution in [0.5, 0.6) is 0 Å². The number of nitrogens with one attached hydrogen (secondary N) is 4. The molecule has 0 atom stereocenters. The molecule has 200 valence electrons. The van der Waals surface area contributed by atoms with Gasteiger partial charge in [0.05, 0.1) is 23.8 Å². The Labute approximate surface area is 225 Å². The summed E-state index contributed by atoms with van der Waals surface area (Å²) in [6.45, 7) is 15.0. The molecule has 0 aliphatic carbocycles. The van der Waals surface area contributed by atoms with Crippen molar-refractivity contribution in [3.8, 4) is 0 Å². The maximum absolute atomic E-state index is 12.7. The van der Waals surface area contributed by atoms with Crippen LogP contribution in [-0.4, -0.2) is 56.8 Å². The van der Waals surface area contributed by atoms with Crippen molar-refractivity contribution in [3.63, 3.8) is 0 Å². The molecule has 1 aliphatic rings. The molecule has 0 unspecified atom stereocenters. The molecular weight excluding hydrogens is 514 g/mol. The lowest BCUT2D eigenvalue weighted by molar-refractivity contribution is 0.00414. The van der Waals surface area contributed by atoms with Crippen LogP contribution in [0.4, 0.5) is 10.6 Å². The molecular formula is C25H34ClN7O3S. The molecule has 12 heteroatoms. The van der Waals surface area contributed by atoms with E-state index >= 15 is 0 Å². The molecule has 10 nitrogen and oxygen atoms in total. The molecule has 0 bridgehead atoms. The van der Waals surface area contributed by atoms with Gasteiger partial charge in [-0.25, -0.2) is 15.2 Å². The molecule has 4 N–H and O–H groups in total. The minimum atomic E-state index is -0.534. The summed E-state index contributed by atoms with van der Waals surface area (Å²) in [7, 11) is 0. The number of hydrazine groups is 1. The van der Waals surface area contributed by atoms with Crippen molar-refractivity contribution >= 4 is 51.7 Å². The Morgan fingerprint density at radius 2 is 1.92 bits per heavy atom. The number of likely N-dealkylation sites (tertiary alicyclic amines) is 1. The van der Waals surface area contributed by atoms with Gasteiger partial charge in [0.15, 0.2) is 5.82 Å². The Morgan fingerprint density at radius 1 is 1.22 bits per heavy atom. The largest absolute Gasteiger partial charge is 0.444 e. The van der Waals surface area contributed by atoms with E-state index in [1.807, 2.05) is 33.8 Å². The van der Waals surface area contributed by atoms with Crippen LogP contribution < -0.4 is 16.2 Å². The van der Waals surface area contributed by atoms with E-state index in [0.717, 1.165) is 21.5 Å². The van der Waals surface area contributed by atoms with Crippen molar-refractivity contribution in [1.82, 2.24) is 30.9 Å². The van der Waals surface area contributed by atoms with E-state index in [-0.39, 0.29) is 23.5 Å². The first kappa shape index (κ1) is 27.2. The molecule has 4 rings (SSSR count). The lowest BCUT2D eigenvalue weighted by Crippen LogP contribution is -2.63. The summed E-state index contributed by atoms with van der Waals surface area (Å²) >= 11 is 7.80. The third-order valence-corrected chi connectivity index (χ3v) is 7.30. The third-order valence-electron chi connectivity index (χ3n) is 5.84. The van der Waals surface area contributed by atoms with Crippen molar-refractivity contribution in [1.29, 1.82) is 0 Å². The van der Waals surface area contributed by atoms with Crippen LogP contribution in [0.2, 0.25) is 5.02 Å². The Morgan fingerprint density at radius 3 is 2.57 bits per heavy atom. The average Bonchev–Trinajstić information content (AvgIpc) is 3.30. The van der Waals surface area contributed by atoms with Crippen molar-refractivity contribution < 1.29 is 14.3 Å². The highest BCUT2D eigenvalue weighted by molar-refractivity contribution is 7.13. The number of aromatic amines is 1. The molecule has 0 radical (unpaired) electrons. The lowest BCUT2D eigenvalue weighted by atomic mass is 9.86. The van der Waals surface area contributed by atoms with E-state index in [1.165, 1.54) is 11.3 Å². The van der Waals surface area contributed by atoms with Gasteiger partial charge >= 0.3 is 6.09 Å². The van der Waals surface area contributed by atoms with Crippen LogP contribution in [-0.2, 0) is 16.7 Å². The fraction of sp³-hybridized carbons (Fsp3) is 0.520. The zero-order chi connectivity index (χ0) is 27.1. The number of carbonyl (C=O) groups excluding carboxylic acids is 2. The number of fused-ring (bicyclic) bond motifs is 1. The summed E-state index contributed by atoms with van der Waals surface area (Å²) < 4.78 is 5.35. The number of carbonyl (C=O) groups is 2. The van der Waals surface area contributed by atoms with Gasteiger partial charge in [0.25, 0.3) is 5.91 Å². The number of amides is 2. The first-order valence-corrected chi connectivity index (χ1v) is 13.3. The number of aryl methyl sites for hydroxylation is 1. The second-order valence-electron chi connectivity index (χ2n) is 11.3. The molecule has 37 heavy (non-hydrogen) atoms. The van der Waals surface area contributed by atoms with Crippen LogP contribution in [0.25, 0.3) is 10.9 Å². The van der Waals surface area contributed by atoms with Gasteiger partial charge in [0.2, 0.25) is 0 Å². The maximum atomic E-state index is 12.7. The molecule has 1 aromatic carbocycles. The molecule has 1 fully saturated rings. The summed E-state index contributed by atoms with van der Waals surface area (Å²) in [4.78, 5) is 31.5. The van der Waals surface area contributed by atoms with Crippen LogP contribution >= 0.6 is 22.9 Å². The second-order valence-corrected chi connectivity index (χ2v) is 12.7. The Balaban J connectivity index is 1.32. The second kappa shape index (κ2) is 10.1. The molecule has 3 heterocycles. The number of ether oxygens (including phenoxy) is 1. The highest BCUT2D eigenvalue weighted by Crippen LogP contribution is 2.35. The van der Waals surface area contributed by atoms with Gasteiger partial charge in [-0.2, -0.15) is 5.10 Å². The predicted molar refractivity (Wildman–Crippen MR) is 146 cm³/mol. The average molecular weight is 548 g/mol. The van der Waals surface area contributed by atoms with Gasteiger partial charge in [0, 0.05) is 23.5 Å². The predicted octanol–water partition coefficient (Wildman–Crippen LogP) is 4.74. The lowest BCUT2D eigenvalue weighted by Gasteiger charge is -2.39. The Kier molecular flexibility index (Phi) is 7.42. The fourth-order valence-electron chi connectivity index (χ4n) is 3.92. The molecule has 3 aromatic rings. The summed E-state index contributed by atoms with van der Waals surface area (Å²) in [6, 6.07) is 3.92. The van der Waals surface area contributed by atoms with E-state index < -0.39 is 5.60 Å². The number of benzene rings is 1. The van der Waals surface area contributed by atoms with E-state index in [2.05, 4.69) is 58.2 Å². The number of hydrogen-bond donors (Lipinski definition) is 4. The Hall–Kier alpha value is -2.89. The summed E-state index contributed by atoms with van der Waals surface area (Å²) in [6.07, 6.45) is -0.352. The number of anilines is 1. The van der Waals surface area contributed by atoms with Gasteiger partial charge in [-0.1, -0.05) is 32.4 Å². The number of hydrogen-bond acceptors (Lipinski definition) is 8. The van der Waals surface area contributed by atoms with E-state index in [9.17, 15) is 9.59 Å². The van der Waals surface area contributed by atoms with Crippen LogP contribution in [0.1, 0.15) is 67.5 Å². The maximum Gasteiger partial charge on any atom is 0.410 e. The minimum Gasteiger partial charge on any atom is -0.444 e. The van der Waals surface area contributed by atoms with Crippen molar-refractivity contribution in [2.75, 3.05) is 18.4 Å². The zero-order valence-corrected chi connectivity index (χ0v) is 23.8. The van der Waals surface area contributed by atoms with Gasteiger partial charge in [0.1, 0.15) is 15.5 Å². The number of halogens is 1. The number of H-pyrrole nitrogens is 1. The number of nitrogens with zero attached hydrogens (tertiary/aromatic N) is 3. The van der Waals surface area contributed by atoms with E-state index in [4.69, 9.17) is 16.3 Å². The molecule has 2 amide bonds. The Bertz CT molecular complexity index is 1320. The molecule has 1 aliphatic heterocycles. The summed E-state index contributed by atoms with van der Waals surface area (Å²) in [5.74, 6) is 0.448. The third kappa shape index (κ3) is 6.34. The standard InChI is InChI=1S/C25H34ClN7O3S/c1-13-20(22(34)32-29-14-11-33(12-14)23(35)36-25(5,6)7)37-19(28-13)10-27-21-15-8-16(24(2,3)4)17(26)9-18(15)30-31-21/h8-9,14,29H,10-12H2,1-7H3,(H,32,34)(H2,27,30,31). The van der Waals surface area contributed by atoms with Gasteiger partial charge < -0.3 is 15.0 Å². The minimum absolute atomic E-state index is 0.0368. The van der Waals surface area contributed by atoms with E-state index in [0.29, 0.717) is 41.0 Å². The first-order chi connectivity index (χ1) is 17.2. The SMILES string of the molecule is Cc1nc(CNc2n[nH]c3cc(Cl)c(C(C)(C)C)cc23)sc1C(=O)NNC1CN(C(=O)OC(C)(C)C)C1. The highest BCUT2D eigenvalue weighted by Gasteiger charge is 2.34. The van der Waals surface area contributed by atoms with E-state index in [1.54, 1.807) is 4.90 Å². The first-order valence-electron chi connectivity index (χ1n) is 12.1. The molecule has 1 saturated heterocycles. The monoisotopic (exact) mass is 547 g/mol. The molecule has 0 saturated carbocycles. The highest BCUT2D eigenvalue weighted by atomic mass is 35.5. The van der Waals surface area contributed by atoms with Crippen molar-refractivity contribution in [2.45, 2.75) is 72.1 Å². The van der Waals surface area contributed by atoms with Gasteiger partial charge in [-0.05, 0) is 50.8 Å². The smallest absolute Gasteiger partial charge is 0.410 e. The van der Waals surface area contributed by atoms with Gasteiger partial charge in [-0.15, -0.1) is 11.3 Å². The topological polar surface area (TPSA) is 124 Å². The van der Waals surface area contributed by atoms with Crippen molar-refractivity contribution in [3.05, 3.63) is 38.3 Å². The zero-order valence-electron chi connectivity index (χ0n) is 22.2. The molecule has 2 aromatic heterocycles. The van der Waals surface area contributed by atoms with Crippen molar-refractivity contribution in [2.24, 2.45) is 0 Å². The van der Waals surface area contributed by atoms with Gasteiger partial charge in [-0.3, -0.25) is 15.3 Å². The normalized spacial score (nSPS) is 14.5.